The molecule has 2 N–H and O–H groups in total. The Morgan fingerprint density at radius 3 is 3.17 bits per heavy atom. The third-order valence-corrected chi connectivity index (χ3v) is 3.44. The smallest absolute Gasteiger partial charge is 0.160 e. The van der Waals surface area contributed by atoms with E-state index < -0.39 is 0 Å². The van der Waals surface area contributed by atoms with Gasteiger partial charge in [-0.2, -0.15) is 0 Å². The minimum atomic E-state index is 0.610. The normalized spacial score (nSPS) is 25.8. The van der Waals surface area contributed by atoms with E-state index in [0.29, 0.717) is 6.04 Å². The number of nitrogens with zero attached hydrogens (tertiary/aromatic N) is 2. The molecular weight excluding hydrogens is 224 g/mol. The predicted octanol–water partition coefficient (Wildman–Crippen LogP) is 0.927. The molecule has 1 saturated heterocycles. The van der Waals surface area contributed by atoms with Crippen molar-refractivity contribution in [2.24, 2.45) is 4.99 Å². The zero-order chi connectivity index (χ0) is 12.8. The van der Waals surface area contributed by atoms with Crippen molar-refractivity contribution in [2.75, 3.05) is 26.2 Å². The lowest BCUT2D eigenvalue weighted by atomic mass is 10.1. The van der Waals surface area contributed by atoms with Gasteiger partial charge in [0.2, 0.25) is 0 Å². The van der Waals surface area contributed by atoms with Crippen LogP contribution >= 0.6 is 0 Å². The summed E-state index contributed by atoms with van der Waals surface area (Å²) in [5.41, 5.74) is 0.824. The fourth-order valence-corrected chi connectivity index (χ4v) is 2.40. The molecule has 2 aliphatic heterocycles. The van der Waals surface area contributed by atoms with Crippen LogP contribution in [0.4, 0.5) is 0 Å². The van der Waals surface area contributed by atoms with Gasteiger partial charge in [-0.25, -0.2) is 4.99 Å². The Labute approximate surface area is 110 Å². The van der Waals surface area contributed by atoms with Crippen LogP contribution in [0.15, 0.2) is 16.5 Å². The number of aliphatic imine (C=N–C) groups is 1. The lowest BCUT2D eigenvalue weighted by Gasteiger charge is -2.27. The molecule has 4 heteroatoms. The van der Waals surface area contributed by atoms with E-state index in [9.17, 15) is 0 Å². The molecular formula is C14H22N4. The van der Waals surface area contributed by atoms with E-state index in [0.717, 1.165) is 37.7 Å². The maximum Gasteiger partial charge on any atom is 0.160 e. The summed E-state index contributed by atoms with van der Waals surface area (Å²) in [6, 6.07) is 0.610. The molecule has 0 radical (unpaired) electrons. The third kappa shape index (κ3) is 3.27. The fraction of sp³-hybridized carbons (Fsp3) is 0.643. The molecule has 0 aliphatic carbocycles. The fourth-order valence-electron chi connectivity index (χ4n) is 2.40. The number of nitrogens with one attached hydrogen (secondary N) is 2. The SMILES string of the molecule is C#CC1=C(N2CCCCC(C)NCC2)N=CCN1. The van der Waals surface area contributed by atoms with Crippen LogP contribution in [0, 0.1) is 12.3 Å². The zero-order valence-corrected chi connectivity index (χ0v) is 11.1. The van der Waals surface area contributed by atoms with Crippen LogP contribution in [0.2, 0.25) is 0 Å². The molecule has 0 aromatic carbocycles. The van der Waals surface area contributed by atoms with E-state index in [4.69, 9.17) is 6.42 Å². The van der Waals surface area contributed by atoms with Crippen molar-refractivity contribution < 1.29 is 0 Å². The van der Waals surface area contributed by atoms with Crippen LogP contribution in [-0.2, 0) is 0 Å². The van der Waals surface area contributed by atoms with Gasteiger partial charge in [0.25, 0.3) is 0 Å². The topological polar surface area (TPSA) is 39.7 Å². The predicted molar refractivity (Wildman–Crippen MR) is 75.2 cm³/mol. The quantitative estimate of drug-likeness (QED) is 0.676. The molecule has 0 aromatic heterocycles. The second-order valence-electron chi connectivity index (χ2n) is 4.87. The molecule has 0 spiro atoms. The summed E-state index contributed by atoms with van der Waals surface area (Å²) in [6.45, 7) is 5.96. The van der Waals surface area contributed by atoms with Gasteiger partial charge in [0.05, 0.1) is 6.54 Å². The second-order valence-corrected chi connectivity index (χ2v) is 4.87. The molecule has 2 rings (SSSR count). The van der Waals surface area contributed by atoms with Gasteiger partial charge in [-0.1, -0.05) is 6.42 Å². The first-order chi connectivity index (χ1) is 8.81. The Kier molecular flexibility index (Phi) is 4.66. The number of hydrogen-bond donors (Lipinski definition) is 2. The molecule has 18 heavy (non-hydrogen) atoms. The number of allylic oxidation sites excluding steroid dienone is 1. The molecule has 98 valence electrons. The Hall–Kier alpha value is -1.47. The van der Waals surface area contributed by atoms with Crippen molar-refractivity contribution in [3.05, 3.63) is 11.5 Å². The molecule has 2 heterocycles. The highest BCUT2D eigenvalue weighted by Crippen LogP contribution is 2.15. The largest absolute Gasteiger partial charge is 0.370 e. The van der Waals surface area contributed by atoms with E-state index in [-0.39, 0.29) is 0 Å². The Morgan fingerprint density at radius 2 is 2.33 bits per heavy atom. The van der Waals surface area contributed by atoms with E-state index in [1.54, 1.807) is 0 Å². The molecule has 1 fully saturated rings. The van der Waals surface area contributed by atoms with E-state index >= 15 is 0 Å². The molecule has 4 nitrogen and oxygen atoms in total. The van der Waals surface area contributed by atoms with E-state index in [1.165, 1.54) is 19.3 Å². The van der Waals surface area contributed by atoms with Crippen molar-refractivity contribution in [1.29, 1.82) is 0 Å². The summed E-state index contributed by atoms with van der Waals surface area (Å²) in [5.74, 6) is 3.64. The maximum atomic E-state index is 5.54. The molecule has 1 atom stereocenters. The molecule has 0 saturated carbocycles. The first-order valence-corrected chi connectivity index (χ1v) is 6.77. The minimum absolute atomic E-state index is 0.610. The van der Waals surface area contributed by atoms with Gasteiger partial charge < -0.3 is 15.5 Å². The van der Waals surface area contributed by atoms with Gasteiger partial charge in [-0.15, -0.1) is 6.42 Å². The highest BCUT2D eigenvalue weighted by atomic mass is 15.2. The molecule has 0 amide bonds. The van der Waals surface area contributed by atoms with Crippen molar-refractivity contribution in [1.82, 2.24) is 15.5 Å². The van der Waals surface area contributed by atoms with Gasteiger partial charge in [0.15, 0.2) is 5.82 Å². The second kappa shape index (κ2) is 6.46. The number of terminal acetylenes is 1. The van der Waals surface area contributed by atoms with Crippen LogP contribution in [0.25, 0.3) is 0 Å². The van der Waals surface area contributed by atoms with Crippen LogP contribution < -0.4 is 10.6 Å². The summed E-state index contributed by atoms with van der Waals surface area (Å²) >= 11 is 0. The first kappa shape index (κ1) is 13.0. The Morgan fingerprint density at radius 1 is 1.44 bits per heavy atom. The van der Waals surface area contributed by atoms with Crippen LogP contribution in [0.3, 0.4) is 0 Å². The van der Waals surface area contributed by atoms with Crippen molar-refractivity contribution in [3.8, 4) is 12.3 Å². The van der Waals surface area contributed by atoms with Gasteiger partial charge in [-0.05, 0) is 25.7 Å². The van der Waals surface area contributed by atoms with E-state index in [1.807, 2.05) is 6.21 Å². The van der Waals surface area contributed by atoms with Gasteiger partial charge in [-0.3, -0.25) is 0 Å². The van der Waals surface area contributed by atoms with Crippen LogP contribution in [-0.4, -0.2) is 43.3 Å². The average Bonchev–Trinajstić information content (AvgIpc) is 2.51. The molecule has 0 bridgehead atoms. The summed E-state index contributed by atoms with van der Waals surface area (Å²) in [6.07, 6.45) is 11.1. The van der Waals surface area contributed by atoms with Gasteiger partial charge in [0.1, 0.15) is 5.70 Å². The standard InChI is InChI=1S/C14H22N4/c1-3-13-14(17-8-7-16-13)18-10-5-4-6-12(2)15-9-11-18/h1,8,12,15-16H,4-7,9-11H2,2H3. The highest BCUT2D eigenvalue weighted by Gasteiger charge is 2.16. The maximum absolute atomic E-state index is 5.54. The number of hydrogen-bond acceptors (Lipinski definition) is 4. The third-order valence-electron chi connectivity index (χ3n) is 3.44. The average molecular weight is 246 g/mol. The molecule has 2 aliphatic rings. The minimum Gasteiger partial charge on any atom is -0.370 e. The Bertz CT molecular complexity index is 378. The summed E-state index contributed by atoms with van der Waals surface area (Å²) < 4.78 is 0. The van der Waals surface area contributed by atoms with Gasteiger partial charge in [0, 0.05) is 31.9 Å². The monoisotopic (exact) mass is 246 g/mol. The Balaban J connectivity index is 2.08. The lowest BCUT2D eigenvalue weighted by Crippen LogP contribution is -2.36. The molecule has 1 unspecified atom stereocenters. The highest BCUT2D eigenvalue weighted by molar-refractivity contribution is 5.64. The summed E-state index contributed by atoms with van der Waals surface area (Å²) in [7, 11) is 0. The van der Waals surface area contributed by atoms with E-state index in [2.05, 4.69) is 33.4 Å². The summed E-state index contributed by atoms with van der Waals surface area (Å²) in [4.78, 5) is 6.77. The van der Waals surface area contributed by atoms with Crippen molar-refractivity contribution >= 4 is 6.21 Å². The van der Waals surface area contributed by atoms with Crippen molar-refractivity contribution in [2.45, 2.75) is 32.2 Å². The molecule has 0 aromatic rings. The zero-order valence-electron chi connectivity index (χ0n) is 11.1. The number of rotatable bonds is 1. The van der Waals surface area contributed by atoms with Gasteiger partial charge >= 0.3 is 0 Å². The lowest BCUT2D eigenvalue weighted by molar-refractivity contribution is 0.333. The van der Waals surface area contributed by atoms with Crippen molar-refractivity contribution in [3.63, 3.8) is 0 Å². The van der Waals surface area contributed by atoms with Crippen LogP contribution in [0.1, 0.15) is 26.2 Å². The first-order valence-electron chi connectivity index (χ1n) is 6.77. The summed E-state index contributed by atoms with van der Waals surface area (Å²) in [5, 5.41) is 6.75. The van der Waals surface area contributed by atoms with Crippen LogP contribution in [0.5, 0.6) is 0 Å².